The van der Waals surface area contributed by atoms with Crippen molar-refractivity contribution in [3.05, 3.63) is 54.1 Å². The van der Waals surface area contributed by atoms with E-state index in [1.807, 2.05) is 18.2 Å². The lowest BCUT2D eigenvalue weighted by Crippen LogP contribution is -2.34. The molecule has 1 amide bonds. The van der Waals surface area contributed by atoms with E-state index in [0.717, 1.165) is 43.8 Å². The van der Waals surface area contributed by atoms with E-state index in [2.05, 4.69) is 35.2 Å². The summed E-state index contributed by atoms with van der Waals surface area (Å²) in [6, 6.07) is 16.8. The number of piperidine rings is 1. The Morgan fingerprint density at radius 2 is 1.80 bits per heavy atom. The van der Waals surface area contributed by atoms with E-state index in [4.69, 9.17) is 10.5 Å². The molecule has 1 aliphatic heterocycles. The van der Waals surface area contributed by atoms with Crippen LogP contribution in [0.2, 0.25) is 0 Å². The van der Waals surface area contributed by atoms with Crippen LogP contribution in [0.5, 0.6) is 5.75 Å². The molecule has 0 spiro atoms. The second-order valence-electron chi connectivity index (χ2n) is 6.79. The van der Waals surface area contributed by atoms with E-state index in [0.29, 0.717) is 12.3 Å². The maximum absolute atomic E-state index is 11.0. The predicted molar refractivity (Wildman–Crippen MR) is 100 cm³/mol. The van der Waals surface area contributed by atoms with Gasteiger partial charge in [0.1, 0.15) is 5.75 Å². The highest BCUT2D eigenvalue weighted by Crippen LogP contribution is 2.30. The largest absolute Gasteiger partial charge is 0.496 e. The molecule has 4 nitrogen and oxygen atoms in total. The number of likely N-dealkylation sites (tertiary alicyclic amines) is 1. The molecular weight excluding hydrogens is 312 g/mol. The van der Waals surface area contributed by atoms with Crippen molar-refractivity contribution in [2.45, 2.75) is 25.8 Å². The van der Waals surface area contributed by atoms with Crippen LogP contribution in [0.1, 0.15) is 24.8 Å². The van der Waals surface area contributed by atoms with Gasteiger partial charge < -0.3 is 10.5 Å². The summed E-state index contributed by atoms with van der Waals surface area (Å²) in [7, 11) is 1.70. The summed E-state index contributed by atoms with van der Waals surface area (Å²) in [6.07, 6.45) is 2.64. The van der Waals surface area contributed by atoms with Gasteiger partial charge in [-0.1, -0.05) is 42.5 Å². The quantitative estimate of drug-likeness (QED) is 0.878. The average molecular weight is 338 g/mol. The third kappa shape index (κ3) is 4.60. The molecule has 2 aromatic carbocycles. The van der Waals surface area contributed by atoms with Crippen LogP contribution in [0.3, 0.4) is 0 Å². The molecule has 2 N–H and O–H groups in total. The molecule has 25 heavy (non-hydrogen) atoms. The number of hydrogen-bond donors (Lipinski definition) is 1. The van der Waals surface area contributed by atoms with Gasteiger partial charge in [0.25, 0.3) is 0 Å². The number of ether oxygens (including phenoxy) is 1. The van der Waals surface area contributed by atoms with Crippen LogP contribution in [0.15, 0.2) is 48.5 Å². The summed E-state index contributed by atoms with van der Waals surface area (Å²) in [5.41, 5.74) is 8.90. The van der Waals surface area contributed by atoms with E-state index in [1.165, 1.54) is 11.1 Å². The van der Waals surface area contributed by atoms with Crippen molar-refractivity contribution in [2.75, 3.05) is 20.2 Å². The Kier molecular flexibility index (Phi) is 5.71. The minimum atomic E-state index is -0.176. The number of hydrogen-bond acceptors (Lipinski definition) is 3. The molecule has 0 atom stereocenters. The minimum Gasteiger partial charge on any atom is -0.496 e. The van der Waals surface area contributed by atoms with Crippen LogP contribution in [0, 0.1) is 5.92 Å². The van der Waals surface area contributed by atoms with Crippen molar-refractivity contribution < 1.29 is 9.53 Å². The average Bonchev–Trinajstić information content (AvgIpc) is 2.63. The van der Waals surface area contributed by atoms with Gasteiger partial charge in [-0.25, -0.2) is 0 Å². The summed E-state index contributed by atoms with van der Waals surface area (Å²) in [5, 5.41) is 0. The van der Waals surface area contributed by atoms with Crippen LogP contribution < -0.4 is 10.5 Å². The third-order valence-electron chi connectivity index (χ3n) is 4.98. The van der Waals surface area contributed by atoms with E-state index in [9.17, 15) is 4.79 Å². The number of rotatable bonds is 6. The lowest BCUT2D eigenvalue weighted by molar-refractivity contribution is -0.119. The van der Waals surface area contributed by atoms with Gasteiger partial charge in [0.15, 0.2) is 0 Å². The van der Waals surface area contributed by atoms with Gasteiger partial charge in [-0.2, -0.15) is 0 Å². The minimum absolute atomic E-state index is 0.176. The number of amides is 1. The van der Waals surface area contributed by atoms with Gasteiger partial charge in [0, 0.05) is 18.5 Å². The van der Waals surface area contributed by atoms with Crippen LogP contribution in [-0.2, 0) is 11.3 Å². The van der Waals surface area contributed by atoms with Crippen molar-refractivity contribution in [1.82, 2.24) is 4.90 Å². The number of nitrogens with two attached hydrogens (primary N) is 1. The number of carbonyl (C=O) groups is 1. The van der Waals surface area contributed by atoms with E-state index >= 15 is 0 Å². The van der Waals surface area contributed by atoms with Gasteiger partial charge in [-0.3, -0.25) is 9.69 Å². The lowest BCUT2D eigenvalue weighted by atomic mass is 9.93. The molecule has 4 heteroatoms. The first-order chi connectivity index (χ1) is 12.2. The van der Waals surface area contributed by atoms with Crippen LogP contribution >= 0.6 is 0 Å². The van der Waals surface area contributed by atoms with Crippen LogP contribution in [-0.4, -0.2) is 31.0 Å². The fourth-order valence-corrected chi connectivity index (χ4v) is 3.56. The zero-order chi connectivity index (χ0) is 17.6. The maximum Gasteiger partial charge on any atom is 0.217 e. The summed E-state index contributed by atoms with van der Waals surface area (Å²) in [6.45, 7) is 3.02. The number of benzene rings is 2. The number of methoxy groups -OCH3 is 1. The second-order valence-corrected chi connectivity index (χ2v) is 6.79. The molecule has 0 aromatic heterocycles. The molecule has 1 fully saturated rings. The summed E-state index contributed by atoms with van der Waals surface area (Å²) < 4.78 is 5.45. The number of nitrogens with zero attached hydrogens (tertiary/aromatic N) is 1. The van der Waals surface area contributed by atoms with Crippen molar-refractivity contribution in [3.63, 3.8) is 0 Å². The van der Waals surface area contributed by atoms with E-state index < -0.39 is 0 Å². The van der Waals surface area contributed by atoms with Gasteiger partial charge in [-0.15, -0.1) is 0 Å². The zero-order valence-electron chi connectivity index (χ0n) is 14.8. The first kappa shape index (κ1) is 17.5. The summed E-state index contributed by atoms with van der Waals surface area (Å²) in [5.74, 6) is 1.18. The van der Waals surface area contributed by atoms with Crippen molar-refractivity contribution >= 4 is 5.91 Å². The number of carbonyl (C=O) groups excluding carboxylic acids is 1. The van der Waals surface area contributed by atoms with E-state index in [-0.39, 0.29) is 5.91 Å². The molecule has 1 aliphatic rings. The fraction of sp³-hybridized carbons (Fsp3) is 0.381. The van der Waals surface area contributed by atoms with Gasteiger partial charge >= 0.3 is 0 Å². The molecule has 0 unspecified atom stereocenters. The Morgan fingerprint density at radius 3 is 2.44 bits per heavy atom. The lowest BCUT2D eigenvalue weighted by Gasteiger charge is -2.31. The van der Waals surface area contributed by atoms with Gasteiger partial charge in [0.05, 0.1) is 7.11 Å². The third-order valence-corrected chi connectivity index (χ3v) is 4.98. The molecule has 1 saturated heterocycles. The predicted octanol–water partition coefficient (Wildman–Crippen LogP) is 3.45. The second kappa shape index (κ2) is 8.17. The SMILES string of the molecule is COc1ccccc1-c1ccc(CN2CCC(CC(N)=O)CC2)cc1. The van der Waals surface area contributed by atoms with Crippen LogP contribution in [0.25, 0.3) is 11.1 Å². The highest BCUT2D eigenvalue weighted by atomic mass is 16.5. The summed E-state index contributed by atoms with van der Waals surface area (Å²) in [4.78, 5) is 13.5. The monoisotopic (exact) mass is 338 g/mol. The Labute approximate surface area is 149 Å². The number of primary amides is 1. The van der Waals surface area contributed by atoms with Crippen molar-refractivity contribution in [3.8, 4) is 16.9 Å². The molecule has 132 valence electrons. The van der Waals surface area contributed by atoms with Crippen molar-refractivity contribution in [1.29, 1.82) is 0 Å². The van der Waals surface area contributed by atoms with Crippen LogP contribution in [0.4, 0.5) is 0 Å². The molecule has 0 radical (unpaired) electrons. The topological polar surface area (TPSA) is 55.6 Å². The molecule has 2 aromatic rings. The fourth-order valence-electron chi connectivity index (χ4n) is 3.56. The Morgan fingerprint density at radius 1 is 1.12 bits per heavy atom. The Bertz CT molecular complexity index is 704. The molecule has 0 aliphatic carbocycles. The maximum atomic E-state index is 11.0. The molecular formula is C21H26N2O2. The Balaban J connectivity index is 1.59. The zero-order valence-corrected chi connectivity index (χ0v) is 14.8. The summed E-state index contributed by atoms with van der Waals surface area (Å²) >= 11 is 0. The smallest absolute Gasteiger partial charge is 0.217 e. The highest BCUT2D eigenvalue weighted by Gasteiger charge is 2.20. The van der Waals surface area contributed by atoms with Crippen molar-refractivity contribution in [2.24, 2.45) is 11.7 Å². The normalized spacial score (nSPS) is 15.9. The Hall–Kier alpha value is -2.33. The highest BCUT2D eigenvalue weighted by molar-refractivity contribution is 5.74. The number of para-hydroxylation sites is 1. The molecule has 3 rings (SSSR count). The molecule has 1 heterocycles. The van der Waals surface area contributed by atoms with Gasteiger partial charge in [0.2, 0.25) is 5.91 Å². The molecule has 0 bridgehead atoms. The first-order valence-electron chi connectivity index (χ1n) is 8.88. The standard InChI is InChI=1S/C21H26N2O2/c1-25-20-5-3-2-4-19(20)18-8-6-17(7-9-18)15-23-12-10-16(11-13-23)14-21(22)24/h2-9,16H,10-15H2,1H3,(H2,22,24). The molecule has 0 saturated carbocycles. The first-order valence-corrected chi connectivity index (χ1v) is 8.88. The van der Waals surface area contributed by atoms with E-state index in [1.54, 1.807) is 7.11 Å². The van der Waals surface area contributed by atoms with Gasteiger partial charge in [-0.05, 0) is 49.0 Å².